The summed E-state index contributed by atoms with van der Waals surface area (Å²) in [7, 11) is 0. The zero-order valence-corrected chi connectivity index (χ0v) is 13.4. The van der Waals surface area contributed by atoms with E-state index in [0.29, 0.717) is 29.1 Å². The van der Waals surface area contributed by atoms with Gasteiger partial charge >= 0.3 is 0 Å². The fourth-order valence-corrected chi connectivity index (χ4v) is 2.51. The number of pyridine rings is 1. The van der Waals surface area contributed by atoms with Crippen LogP contribution in [0.5, 0.6) is 0 Å². The first-order valence-electron chi connectivity index (χ1n) is 7.68. The van der Waals surface area contributed by atoms with Crippen molar-refractivity contribution in [2.24, 2.45) is 5.92 Å². The van der Waals surface area contributed by atoms with Crippen LogP contribution in [0.15, 0.2) is 42.6 Å². The molecule has 0 aliphatic rings. The van der Waals surface area contributed by atoms with Gasteiger partial charge in [0, 0.05) is 18.2 Å². The quantitative estimate of drug-likeness (QED) is 0.777. The van der Waals surface area contributed by atoms with Gasteiger partial charge in [-0.25, -0.2) is 13.8 Å². The first kappa shape index (κ1) is 16.1. The SMILES string of the molecule is CC(C)CC(=O)Nc1c(-c2ccc(F)c(F)c2)nc2ccccn12. The lowest BCUT2D eigenvalue weighted by Crippen LogP contribution is -2.15. The number of aromatic nitrogens is 2. The highest BCUT2D eigenvalue weighted by Crippen LogP contribution is 2.30. The van der Waals surface area contributed by atoms with Crippen LogP contribution in [0.4, 0.5) is 14.6 Å². The minimum absolute atomic E-state index is 0.153. The van der Waals surface area contributed by atoms with Crippen LogP contribution in [0.2, 0.25) is 0 Å². The molecule has 0 spiro atoms. The third-order valence-electron chi connectivity index (χ3n) is 3.57. The maximum absolute atomic E-state index is 13.6. The Labute approximate surface area is 138 Å². The highest BCUT2D eigenvalue weighted by Gasteiger charge is 2.18. The van der Waals surface area contributed by atoms with Crippen molar-refractivity contribution in [3.8, 4) is 11.3 Å². The fourth-order valence-electron chi connectivity index (χ4n) is 2.51. The van der Waals surface area contributed by atoms with Crippen LogP contribution in [-0.2, 0) is 4.79 Å². The Kier molecular flexibility index (Phi) is 4.29. The second-order valence-electron chi connectivity index (χ2n) is 6.01. The minimum Gasteiger partial charge on any atom is -0.310 e. The first-order valence-corrected chi connectivity index (χ1v) is 7.68. The van der Waals surface area contributed by atoms with Crippen molar-refractivity contribution in [2.45, 2.75) is 20.3 Å². The van der Waals surface area contributed by atoms with Gasteiger partial charge in [0.15, 0.2) is 11.6 Å². The molecule has 0 bridgehead atoms. The van der Waals surface area contributed by atoms with Crippen LogP contribution in [0.1, 0.15) is 20.3 Å². The van der Waals surface area contributed by atoms with Crippen LogP contribution in [0.25, 0.3) is 16.9 Å². The van der Waals surface area contributed by atoms with Crippen LogP contribution in [0.3, 0.4) is 0 Å². The molecule has 0 unspecified atom stereocenters. The van der Waals surface area contributed by atoms with Gasteiger partial charge < -0.3 is 5.32 Å². The molecule has 24 heavy (non-hydrogen) atoms. The molecular formula is C18H17F2N3O. The molecule has 1 aromatic carbocycles. The van der Waals surface area contributed by atoms with Crippen molar-refractivity contribution >= 4 is 17.4 Å². The lowest BCUT2D eigenvalue weighted by atomic mass is 10.1. The number of benzene rings is 1. The molecule has 4 nitrogen and oxygen atoms in total. The predicted molar refractivity (Wildman–Crippen MR) is 88.6 cm³/mol. The average molecular weight is 329 g/mol. The third-order valence-corrected chi connectivity index (χ3v) is 3.57. The van der Waals surface area contributed by atoms with Gasteiger partial charge in [0.1, 0.15) is 17.2 Å². The van der Waals surface area contributed by atoms with Crippen LogP contribution < -0.4 is 5.32 Å². The van der Waals surface area contributed by atoms with Gasteiger partial charge in [0.25, 0.3) is 0 Å². The summed E-state index contributed by atoms with van der Waals surface area (Å²) in [5.74, 6) is -1.38. The first-order chi connectivity index (χ1) is 11.5. The van der Waals surface area contributed by atoms with Gasteiger partial charge in [-0.1, -0.05) is 19.9 Å². The molecule has 0 atom stereocenters. The maximum atomic E-state index is 13.6. The van der Waals surface area contributed by atoms with E-state index in [1.807, 2.05) is 26.0 Å². The number of hydrogen-bond donors (Lipinski definition) is 1. The summed E-state index contributed by atoms with van der Waals surface area (Å²) in [6, 6.07) is 8.97. The summed E-state index contributed by atoms with van der Waals surface area (Å²) in [5, 5.41) is 2.84. The topological polar surface area (TPSA) is 46.4 Å². The molecular weight excluding hydrogens is 312 g/mol. The van der Waals surface area contributed by atoms with Crippen LogP contribution in [0, 0.1) is 17.6 Å². The van der Waals surface area contributed by atoms with E-state index in [-0.39, 0.29) is 11.8 Å². The molecule has 1 amide bonds. The number of nitrogens with one attached hydrogen (secondary N) is 1. The summed E-state index contributed by atoms with van der Waals surface area (Å²) < 4.78 is 28.5. The Bertz CT molecular complexity index is 902. The van der Waals surface area contributed by atoms with Gasteiger partial charge in [0.05, 0.1) is 0 Å². The number of amides is 1. The van der Waals surface area contributed by atoms with E-state index >= 15 is 0 Å². The van der Waals surface area contributed by atoms with Crippen molar-refractivity contribution in [1.82, 2.24) is 9.38 Å². The summed E-state index contributed by atoms with van der Waals surface area (Å²) in [4.78, 5) is 16.6. The van der Waals surface area contributed by atoms with Gasteiger partial charge in [-0.05, 0) is 36.2 Å². The molecule has 0 fully saturated rings. The van der Waals surface area contributed by atoms with Gasteiger partial charge in [0.2, 0.25) is 5.91 Å². The second-order valence-corrected chi connectivity index (χ2v) is 6.01. The summed E-state index contributed by atoms with van der Waals surface area (Å²) in [5.41, 5.74) is 1.41. The number of carbonyl (C=O) groups is 1. The lowest BCUT2D eigenvalue weighted by Gasteiger charge is -2.09. The molecule has 124 valence electrons. The standard InChI is InChI=1S/C18H17F2N3O/c1-11(2)9-16(24)22-18-17(12-6-7-13(19)14(20)10-12)21-15-5-3-4-8-23(15)18/h3-8,10-11H,9H2,1-2H3,(H,22,24). The Balaban J connectivity index is 2.11. The number of carbonyl (C=O) groups excluding carboxylic acids is 1. The predicted octanol–water partition coefficient (Wildman–Crippen LogP) is 4.26. The van der Waals surface area contributed by atoms with Gasteiger partial charge in [-0.2, -0.15) is 0 Å². The molecule has 6 heteroatoms. The zero-order valence-electron chi connectivity index (χ0n) is 13.4. The van der Waals surface area contributed by atoms with E-state index in [1.165, 1.54) is 6.07 Å². The lowest BCUT2D eigenvalue weighted by molar-refractivity contribution is -0.116. The van der Waals surface area contributed by atoms with Crippen LogP contribution in [-0.4, -0.2) is 15.3 Å². The maximum Gasteiger partial charge on any atom is 0.225 e. The number of hydrogen-bond acceptors (Lipinski definition) is 2. The molecule has 0 saturated heterocycles. The molecule has 0 saturated carbocycles. The van der Waals surface area contributed by atoms with Crippen LogP contribution >= 0.6 is 0 Å². The number of nitrogens with zero attached hydrogens (tertiary/aromatic N) is 2. The number of imidazole rings is 1. The summed E-state index contributed by atoms with van der Waals surface area (Å²) in [6.07, 6.45) is 2.12. The number of rotatable bonds is 4. The average Bonchev–Trinajstić information content (AvgIpc) is 2.88. The molecule has 3 rings (SSSR count). The molecule has 3 aromatic rings. The van der Waals surface area contributed by atoms with E-state index < -0.39 is 11.6 Å². The summed E-state index contributed by atoms with van der Waals surface area (Å²) in [6.45, 7) is 3.90. The van der Waals surface area contributed by atoms with Crippen molar-refractivity contribution < 1.29 is 13.6 Å². The second kappa shape index (κ2) is 6.39. The third kappa shape index (κ3) is 3.13. The fraction of sp³-hybridized carbons (Fsp3) is 0.222. The summed E-state index contributed by atoms with van der Waals surface area (Å²) >= 11 is 0. The van der Waals surface area contributed by atoms with E-state index in [1.54, 1.807) is 16.7 Å². The Hall–Kier alpha value is -2.76. The number of anilines is 1. The smallest absolute Gasteiger partial charge is 0.225 e. The van der Waals surface area contributed by atoms with Crippen molar-refractivity contribution in [1.29, 1.82) is 0 Å². The number of halogens is 2. The molecule has 1 N–H and O–H groups in total. The van der Waals surface area contributed by atoms with E-state index in [0.717, 1.165) is 12.1 Å². The minimum atomic E-state index is -0.955. The van der Waals surface area contributed by atoms with Gasteiger partial charge in [-0.15, -0.1) is 0 Å². The van der Waals surface area contributed by atoms with E-state index in [9.17, 15) is 13.6 Å². The molecule has 0 radical (unpaired) electrons. The largest absolute Gasteiger partial charge is 0.310 e. The Morgan fingerprint density at radius 1 is 1.21 bits per heavy atom. The van der Waals surface area contributed by atoms with E-state index in [2.05, 4.69) is 10.3 Å². The Morgan fingerprint density at radius 2 is 2.00 bits per heavy atom. The van der Waals surface area contributed by atoms with Crippen molar-refractivity contribution in [3.63, 3.8) is 0 Å². The monoisotopic (exact) mass is 329 g/mol. The molecule has 2 aromatic heterocycles. The number of fused-ring (bicyclic) bond motifs is 1. The zero-order chi connectivity index (χ0) is 17.3. The molecule has 0 aliphatic carbocycles. The molecule has 0 aliphatic heterocycles. The van der Waals surface area contributed by atoms with Crippen molar-refractivity contribution in [2.75, 3.05) is 5.32 Å². The van der Waals surface area contributed by atoms with Crippen molar-refractivity contribution in [3.05, 3.63) is 54.2 Å². The normalized spacial score (nSPS) is 11.2. The highest BCUT2D eigenvalue weighted by molar-refractivity contribution is 5.94. The van der Waals surface area contributed by atoms with Gasteiger partial charge in [-0.3, -0.25) is 9.20 Å². The van der Waals surface area contributed by atoms with E-state index in [4.69, 9.17) is 0 Å². The Morgan fingerprint density at radius 3 is 2.71 bits per heavy atom. The highest BCUT2D eigenvalue weighted by atomic mass is 19.2. The molecule has 2 heterocycles.